The quantitative estimate of drug-likeness (QED) is 0.805. The first-order valence-corrected chi connectivity index (χ1v) is 9.64. The number of piperazine rings is 1. The lowest BCUT2D eigenvalue weighted by Crippen LogP contribution is -2.44. The third kappa shape index (κ3) is 4.93. The zero-order valence-corrected chi connectivity index (χ0v) is 17.2. The van der Waals surface area contributed by atoms with Gasteiger partial charge in [0.25, 0.3) is 0 Å². The lowest BCUT2D eigenvalue weighted by molar-refractivity contribution is -0.111. The van der Waals surface area contributed by atoms with Gasteiger partial charge in [-0.3, -0.25) is 4.79 Å². The topological polar surface area (TPSA) is 44.8 Å². The van der Waals surface area contributed by atoms with Crippen LogP contribution in [0.25, 0.3) is 6.08 Å². The largest absolute Gasteiger partial charge is 0.496 e. The minimum absolute atomic E-state index is 0.154. The predicted octanol–water partition coefficient (Wildman–Crippen LogP) is 3.72. The molecule has 0 aromatic heterocycles. The second-order valence-electron chi connectivity index (χ2n) is 7.36. The number of nitrogens with zero attached hydrogens (tertiary/aromatic N) is 2. The molecule has 1 amide bonds. The fourth-order valence-electron chi connectivity index (χ4n) is 3.37. The van der Waals surface area contributed by atoms with Gasteiger partial charge in [0.15, 0.2) is 0 Å². The molecule has 0 spiro atoms. The van der Waals surface area contributed by atoms with Gasteiger partial charge in [-0.25, -0.2) is 0 Å². The molecule has 3 rings (SSSR count). The van der Waals surface area contributed by atoms with Gasteiger partial charge < -0.3 is 19.9 Å². The number of benzene rings is 2. The molecule has 1 heterocycles. The number of likely N-dealkylation sites (N-methyl/N-ethyl adjacent to an activating group) is 1. The molecule has 28 heavy (non-hydrogen) atoms. The van der Waals surface area contributed by atoms with Crippen LogP contribution in [0.1, 0.15) is 16.7 Å². The average Bonchev–Trinajstić information content (AvgIpc) is 2.68. The van der Waals surface area contributed by atoms with Crippen LogP contribution in [0.3, 0.4) is 0 Å². The summed E-state index contributed by atoms with van der Waals surface area (Å²) in [5.74, 6) is 0.598. The van der Waals surface area contributed by atoms with Gasteiger partial charge in [0, 0.05) is 49.2 Å². The summed E-state index contributed by atoms with van der Waals surface area (Å²) < 4.78 is 5.36. The van der Waals surface area contributed by atoms with Crippen molar-refractivity contribution in [1.29, 1.82) is 0 Å². The number of hydrogen-bond donors (Lipinski definition) is 1. The lowest BCUT2D eigenvalue weighted by atomic mass is 10.1. The fourth-order valence-corrected chi connectivity index (χ4v) is 3.37. The van der Waals surface area contributed by atoms with Crippen molar-refractivity contribution in [3.63, 3.8) is 0 Å². The van der Waals surface area contributed by atoms with E-state index in [0.29, 0.717) is 0 Å². The number of rotatable bonds is 5. The Balaban J connectivity index is 1.66. The second-order valence-corrected chi connectivity index (χ2v) is 7.36. The Kier molecular flexibility index (Phi) is 6.37. The molecular formula is C23H29N3O2. The van der Waals surface area contributed by atoms with Crippen LogP contribution >= 0.6 is 0 Å². The minimum atomic E-state index is -0.154. The normalized spacial score (nSPS) is 15.1. The molecule has 1 N–H and O–H groups in total. The summed E-state index contributed by atoms with van der Waals surface area (Å²) in [4.78, 5) is 17.1. The van der Waals surface area contributed by atoms with E-state index in [1.54, 1.807) is 19.3 Å². The summed E-state index contributed by atoms with van der Waals surface area (Å²) in [5.41, 5.74) is 5.12. The van der Waals surface area contributed by atoms with Crippen LogP contribution in [0.4, 0.5) is 11.4 Å². The summed E-state index contributed by atoms with van der Waals surface area (Å²) in [6.45, 7) is 8.26. The van der Waals surface area contributed by atoms with Crippen LogP contribution in [0, 0.1) is 13.8 Å². The molecule has 1 saturated heterocycles. The molecule has 1 aliphatic rings. The smallest absolute Gasteiger partial charge is 0.248 e. The van der Waals surface area contributed by atoms with Crippen molar-refractivity contribution >= 4 is 23.4 Å². The van der Waals surface area contributed by atoms with Crippen LogP contribution in [-0.4, -0.2) is 51.1 Å². The van der Waals surface area contributed by atoms with Gasteiger partial charge in [0.1, 0.15) is 5.75 Å². The zero-order chi connectivity index (χ0) is 20.1. The van der Waals surface area contributed by atoms with Crippen LogP contribution in [0.15, 0.2) is 42.5 Å². The summed E-state index contributed by atoms with van der Waals surface area (Å²) in [5, 5.41) is 2.98. The molecule has 148 valence electrons. The van der Waals surface area contributed by atoms with Gasteiger partial charge in [0.2, 0.25) is 5.91 Å². The van der Waals surface area contributed by atoms with E-state index in [1.165, 1.54) is 5.69 Å². The number of anilines is 2. The van der Waals surface area contributed by atoms with E-state index in [1.807, 2.05) is 38.1 Å². The first kappa shape index (κ1) is 20.0. The summed E-state index contributed by atoms with van der Waals surface area (Å²) in [7, 11) is 3.79. The Hall–Kier alpha value is -2.79. The van der Waals surface area contributed by atoms with Crippen molar-refractivity contribution in [2.45, 2.75) is 13.8 Å². The highest BCUT2D eigenvalue weighted by molar-refractivity contribution is 6.02. The Morgan fingerprint density at radius 1 is 1.07 bits per heavy atom. The van der Waals surface area contributed by atoms with E-state index < -0.39 is 0 Å². The number of ether oxygens (including phenoxy) is 1. The Morgan fingerprint density at radius 2 is 1.82 bits per heavy atom. The average molecular weight is 380 g/mol. The molecule has 0 atom stereocenters. The third-order valence-corrected chi connectivity index (χ3v) is 5.14. The Bertz CT molecular complexity index is 868. The first-order valence-electron chi connectivity index (χ1n) is 9.64. The van der Waals surface area contributed by atoms with Gasteiger partial charge in [-0.1, -0.05) is 11.6 Å². The maximum Gasteiger partial charge on any atom is 0.248 e. The highest BCUT2D eigenvalue weighted by Crippen LogP contribution is 2.24. The van der Waals surface area contributed by atoms with E-state index in [4.69, 9.17) is 4.74 Å². The molecule has 0 aliphatic carbocycles. The Labute approximate surface area is 167 Å². The van der Waals surface area contributed by atoms with Crippen molar-refractivity contribution in [3.05, 3.63) is 59.2 Å². The Morgan fingerprint density at radius 3 is 2.50 bits per heavy atom. The molecule has 5 heteroatoms. The van der Waals surface area contributed by atoms with Crippen LogP contribution in [0.5, 0.6) is 5.75 Å². The summed E-state index contributed by atoms with van der Waals surface area (Å²) >= 11 is 0. The number of methoxy groups -OCH3 is 1. The molecule has 5 nitrogen and oxygen atoms in total. The van der Waals surface area contributed by atoms with Crippen LogP contribution in [-0.2, 0) is 4.79 Å². The molecule has 2 aromatic rings. The molecule has 2 aromatic carbocycles. The predicted molar refractivity (Wildman–Crippen MR) is 116 cm³/mol. The second kappa shape index (κ2) is 8.93. The number of carbonyl (C=O) groups excluding carboxylic acids is 1. The summed E-state index contributed by atoms with van der Waals surface area (Å²) in [6.07, 6.45) is 3.33. The highest BCUT2D eigenvalue weighted by Gasteiger charge is 2.15. The number of carbonyl (C=O) groups is 1. The summed E-state index contributed by atoms with van der Waals surface area (Å²) in [6, 6.07) is 12.1. The number of hydrogen-bond acceptors (Lipinski definition) is 4. The van der Waals surface area contributed by atoms with Crippen LogP contribution < -0.4 is 15.0 Å². The first-order chi connectivity index (χ1) is 13.5. The zero-order valence-electron chi connectivity index (χ0n) is 17.2. The maximum absolute atomic E-state index is 12.4. The maximum atomic E-state index is 12.4. The number of nitrogens with one attached hydrogen (secondary N) is 1. The molecular weight excluding hydrogens is 350 g/mol. The van der Waals surface area contributed by atoms with E-state index in [2.05, 4.69) is 34.3 Å². The minimum Gasteiger partial charge on any atom is -0.496 e. The van der Waals surface area contributed by atoms with Crippen LogP contribution in [0.2, 0.25) is 0 Å². The van der Waals surface area contributed by atoms with Crippen molar-refractivity contribution in [1.82, 2.24) is 4.90 Å². The van der Waals surface area contributed by atoms with Gasteiger partial charge >= 0.3 is 0 Å². The molecule has 1 aliphatic heterocycles. The van der Waals surface area contributed by atoms with Gasteiger partial charge in [0.05, 0.1) is 7.11 Å². The monoisotopic (exact) mass is 379 g/mol. The van der Waals surface area contributed by atoms with Crippen molar-refractivity contribution in [2.24, 2.45) is 0 Å². The fraction of sp³-hybridized carbons (Fsp3) is 0.348. The molecule has 0 radical (unpaired) electrons. The van der Waals surface area contributed by atoms with E-state index >= 15 is 0 Å². The highest BCUT2D eigenvalue weighted by atomic mass is 16.5. The van der Waals surface area contributed by atoms with Gasteiger partial charge in [-0.15, -0.1) is 0 Å². The lowest BCUT2D eigenvalue weighted by Gasteiger charge is -2.34. The van der Waals surface area contributed by atoms with Crippen molar-refractivity contribution in [2.75, 3.05) is 50.6 Å². The van der Waals surface area contributed by atoms with E-state index in [-0.39, 0.29) is 5.91 Å². The van der Waals surface area contributed by atoms with Gasteiger partial charge in [-0.05, 0) is 62.9 Å². The standard InChI is InChI=1S/C23H29N3O2/c1-17-5-9-22(28-4)19(15-17)6-10-23(27)24-21-8-7-20(16-18(21)2)26-13-11-25(3)12-14-26/h5-10,15-16H,11-14H2,1-4H3,(H,24,27)/b10-6+. The van der Waals surface area contributed by atoms with Gasteiger partial charge in [-0.2, -0.15) is 0 Å². The SMILES string of the molecule is COc1ccc(C)cc1/C=C/C(=O)Nc1ccc(N2CCN(C)CC2)cc1C. The van der Waals surface area contributed by atoms with Crippen molar-refractivity contribution < 1.29 is 9.53 Å². The van der Waals surface area contributed by atoms with E-state index in [0.717, 1.165) is 54.3 Å². The third-order valence-electron chi connectivity index (χ3n) is 5.14. The van der Waals surface area contributed by atoms with E-state index in [9.17, 15) is 4.79 Å². The number of aryl methyl sites for hydroxylation is 2. The molecule has 0 saturated carbocycles. The molecule has 1 fully saturated rings. The number of amides is 1. The molecule has 0 unspecified atom stereocenters. The van der Waals surface area contributed by atoms with Crippen molar-refractivity contribution in [3.8, 4) is 5.75 Å². The molecule has 0 bridgehead atoms.